The van der Waals surface area contributed by atoms with Gasteiger partial charge >= 0.3 is 0 Å². The molecule has 0 heterocycles. The van der Waals surface area contributed by atoms with Gasteiger partial charge < -0.3 is 4.74 Å². The van der Waals surface area contributed by atoms with Gasteiger partial charge in [-0.25, -0.2) is 0 Å². The maximum Gasteiger partial charge on any atom is 0.133 e. The summed E-state index contributed by atoms with van der Waals surface area (Å²) in [6, 6.07) is 0. The van der Waals surface area contributed by atoms with E-state index >= 15 is 0 Å². The lowest BCUT2D eigenvalue weighted by molar-refractivity contribution is -0.126. The van der Waals surface area contributed by atoms with Crippen LogP contribution in [0, 0.1) is 11.3 Å². The Morgan fingerprint density at radius 1 is 1.50 bits per heavy atom. The van der Waals surface area contributed by atoms with Crippen molar-refractivity contribution in [2.45, 2.75) is 53.1 Å². The van der Waals surface area contributed by atoms with Crippen LogP contribution >= 0.6 is 0 Å². The van der Waals surface area contributed by atoms with Crippen LogP contribution in [0.2, 0.25) is 0 Å². The molecule has 1 fully saturated rings. The first-order valence-corrected chi connectivity index (χ1v) is 5.55. The maximum atomic E-state index is 11.4. The van der Waals surface area contributed by atoms with Gasteiger partial charge in [0, 0.05) is 12.8 Å². The highest BCUT2D eigenvalue weighted by Gasteiger charge is 2.35. The molecule has 1 saturated carbocycles. The zero-order valence-electron chi connectivity index (χ0n) is 9.80. The lowest BCUT2D eigenvalue weighted by atomic mass is 9.69. The van der Waals surface area contributed by atoms with Crippen LogP contribution in [0.5, 0.6) is 0 Å². The number of hydrogen-bond donors (Lipinski definition) is 0. The smallest absolute Gasteiger partial charge is 0.133 e. The lowest BCUT2D eigenvalue weighted by Gasteiger charge is -2.38. The van der Waals surface area contributed by atoms with Crippen molar-refractivity contribution >= 4 is 5.78 Å². The predicted molar refractivity (Wildman–Crippen MR) is 57.2 cm³/mol. The van der Waals surface area contributed by atoms with Crippen LogP contribution < -0.4 is 0 Å². The summed E-state index contributed by atoms with van der Waals surface area (Å²) in [6.45, 7) is 9.30. The summed E-state index contributed by atoms with van der Waals surface area (Å²) >= 11 is 0. The van der Waals surface area contributed by atoms with Crippen LogP contribution in [-0.2, 0) is 9.53 Å². The normalized spacial score (nSPS) is 26.9. The Kier molecular flexibility index (Phi) is 3.71. The first-order valence-electron chi connectivity index (χ1n) is 5.55. The summed E-state index contributed by atoms with van der Waals surface area (Å²) < 4.78 is 5.61. The van der Waals surface area contributed by atoms with Gasteiger partial charge in [-0.15, -0.1) is 0 Å². The number of hydrogen-bond acceptors (Lipinski definition) is 2. The molecule has 0 aromatic heterocycles. The molecule has 0 spiro atoms. The molecule has 0 bridgehead atoms. The Balaban J connectivity index is 2.50. The third kappa shape index (κ3) is 3.09. The van der Waals surface area contributed by atoms with Gasteiger partial charge in [0.1, 0.15) is 5.78 Å². The summed E-state index contributed by atoms with van der Waals surface area (Å²) in [7, 11) is 0. The molecule has 2 heteroatoms. The third-order valence-electron chi connectivity index (χ3n) is 3.26. The average Bonchev–Trinajstić information content (AvgIpc) is 2.07. The van der Waals surface area contributed by atoms with Gasteiger partial charge in [-0.05, 0) is 31.6 Å². The first-order chi connectivity index (χ1) is 6.42. The average molecular weight is 198 g/mol. The van der Waals surface area contributed by atoms with Crippen molar-refractivity contribution in [3.63, 3.8) is 0 Å². The molecule has 0 aromatic rings. The fourth-order valence-electron chi connectivity index (χ4n) is 1.91. The minimum atomic E-state index is 0.267. The fraction of sp³-hybridized carbons (Fsp3) is 0.917. The van der Waals surface area contributed by atoms with E-state index in [1.807, 2.05) is 13.8 Å². The highest BCUT2D eigenvalue weighted by Crippen LogP contribution is 2.39. The second kappa shape index (κ2) is 4.43. The summed E-state index contributed by atoms with van der Waals surface area (Å²) in [6.07, 6.45) is 2.74. The molecule has 1 rings (SSSR count). The Morgan fingerprint density at radius 3 is 2.71 bits per heavy atom. The van der Waals surface area contributed by atoms with Gasteiger partial charge in [0.2, 0.25) is 0 Å². The second-order valence-electron chi connectivity index (χ2n) is 5.31. The minimum absolute atomic E-state index is 0.267. The van der Waals surface area contributed by atoms with E-state index in [0.29, 0.717) is 18.1 Å². The van der Waals surface area contributed by atoms with Crippen LogP contribution in [0.25, 0.3) is 0 Å². The fourth-order valence-corrected chi connectivity index (χ4v) is 1.91. The van der Waals surface area contributed by atoms with Gasteiger partial charge in [-0.1, -0.05) is 13.8 Å². The molecular weight excluding hydrogens is 176 g/mol. The van der Waals surface area contributed by atoms with Crippen LogP contribution in [0.15, 0.2) is 0 Å². The van der Waals surface area contributed by atoms with Crippen LogP contribution in [-0.4, -0.2) is 18.5 Å². The third-order valence-corrected chi connectivity index (χ3v) is 3.26. The maximum absolute atomic E-state index is 11.4. The van der Waals surface area contributed by atoms with Gasteiger partial charge in [0.05, 0.1) is 12.7 Å². The van der Waals surface area contributed by atoms with E-state index in [4.69, 9.17) is 4.74 Å². The highest BCUT2D eigenvalue weighted by molar-refractivity contribution is 5.79. The number of Topliss-reactive ketones (excluding diaryl/α,β-unsaturated/α-hetero) is 1. The summed E-state index contributed by atoms with van der Waals surface area (Å²) in [5, 5.41) is 0. The molecule has 82 valence electrons. The van der Waals surface area contributed by atoms with Gasteiger partial charge in [0.15, 0.2) is 0 Å². The molecule has 2 nitrogen and oxygen atoms in total. The Bertz CT molecular complexity index is 206. The Labute approximate surface area is 87.0 Å². The topological polar surface area (TPSA) is 26.3 Å². The molecule has 14 heavy (non-hydrogen) atoms. The van der Waals surface area contributed by atoms with E-state index < -0.39 is 0 Å². The molecule has 0 aromatic carbocycles. The van der Waals surface area contributed by atoms with E-state index in [1.54, 1.807) is 0 Å². The molecular formula is C12H22O2. The predicted octanol–water partition coefficient (Wildman–Crippen LogP) is 2.81. The molecule has 0 saturated heterocycles. The van der Waals surface area contributed by atoms with Gasteiger partial charge in [-0.3, -0.25) is 4.79 Å². The quantitative estimate of drug-likeness (QED) is 0.697. The number of carbonyl (C=O) groups is 1. The summed E-state index contributed by atoms with van der Waals surface area (Å²) in [4.78, 5) is 11.4. The van der Waals surface area contributed by atoms with E-state index in [2.05, 4.69) is 13.8 Å². The molecule has 1 unspecified atom stereocenters. The molecule has 0 amide bonds. The van der Waals surface area contributed by atoms with E-state index in [-0.39, 0.29) is 11.5 Å². The molecule has 0 radical (unpaired) electrons. The zero-order chi connectivity index (χ0) is 10.8. The molecule has 0 N–H and O–H groups in total. The van der Waals surface area contributed by atoms with E-state index in [9.17, 15) is 4.79 Å². The van der Waals surface area contributed by atoms with Crippen LogP contribution in [0.4, 0.5) is 0 Å². The van der Waals surface area contributed by atoms with Crippen molar-refractivity contribution < 1.29 is 9.53 Å². The Morgan fingerprint density at radius 2 is 2.14 bits per heavy atom. The largest absolute Gasteiger partial charge is 0.378 e. The van der Waals surface area contributed by atoms with Crippen molar-refractivity contribution in [3.05, 3.63) is 0 Å². The summed E-state index contributed by atoms with van der Waals surface area (Å²) in [5.41, 5.74) is 0.267. The Hall–Kier alpha value is -0.370. The van der Waals surface area contributed by atoms with Crippen molar-refractivity contribution in [2.75, 3.05) is 6.61 Å². The van der Waals surface area contributed by atoms with Crippen molar-refractivity contribution in [1.29, 1.82) is 0 Å². The monoisotopic (exact) mass is 198 g/mol. The number of carbonyl (C=O) groups excluding carboxylic acids is 1. The van der Waals surface area contributed by atoms with Gasteiger partial charge in [0.25, 0.3) is 0 Å². The summed E-state index contributed by atoms with van der Waals surface area (Å²) in [5.74, 6) is 0.813. The lowest BCUT2D eigenvalue weighted by Crippen LogP contribution is -2.35. The van der Waals surface area contributed by atoms with Gasteiger partial charge in [-0.2, -0.15) is 0 Å². The minimum Gasteiger partial charge on any atom is -0.378 e. The molecule has 1 aliphatic rings. The van der Waals surface area contributed by atoms with Crippen molar-refractivity contribution in [1.82, 2.24) is 0 Å². The number of rotatable bonds is 3. The standard InChI is InChI=1S/C12H22O2/c1-9(2)14-8-10-7-11(13)5-6-12(10,3)4/h9-10H,5-8H2,1-4H3. The highest BCUT2D eigenvalue weighted by atomic mass is 16.5. The van der Waals surface area contributed by atoms with E-state index in [1.165, 1.54) is 0 Å². The van der Waals surface area contributed by atoms with Crippen LogP contribution in [0.3, 0.4) is 0 Å². The van der Waals surface area contributed by atoms with Crippen LogP contribution in [0.1, 0.15) is 47.0 Å². The first kappa shape index (κ1) is 11.7. The molecule has 0 aliphatic heterocycles. The molecule has 1 atom stereocenters. The van der Waals surface area contributed by atoms with E-state index in [0.717, 1.165) is 19.4 Å². The zero-order valence-corrected chi connectivity index (χ0v) is 9.80. The number of ketones is 1. The second-order valence-corrected chi connectivity index (χ2v) is 5.31. The SMILES string of the molecule is CC(C)OCC1CC(=O)CCC1(C)C. The van der Waals surface area contributed by atoms with Crippen molar-refractivity contribution in [3.8, 4) is 0 Å². The van der Waals surface area contributed by atoms with Crippen molar-refractivity contribution in [2.24, 2.45) is 11.3 Å². The number of ether oxygens (including phenoxy) is 1. The molecule has 1 aliphatic carbocycles.